The first-order valence-electron chi connectivity index (χ1n) is 19.1. The summed E-state index contributed by atoms with van der Waals surface area (Å²) in [6.07, 6.45) is 1.58. The molecule has 5 nitrogen and oxygen atoms in total. The zero-order valence-corrected chi connectivity index (χ0v) is 31.1. The van der Waals surface area contributed by atoms with Crippen LogP contribution < -0.4 is 0 Å². The molecular formula is C51H28N4OS. The maximum atomic E-state index is 7.01. The number of furan rings is 1. The zero-order chi connectivity index (χ0) is 37.2. The Labute approximate surface area is 329 Å². The molecule has 0 radical (unpaired) electrons. The molecule has 0 bridgehead atoms. The van der Waals surface area contributed by atoms with Gasteiger partial charge in [-0.3, -0.25) is 0 Å². The normalized spacial score (nSPS) is 12.2. The molecular weight excluding hydrogens is 717 g/mol. The number of fused-ring (bicyclic) bond motifs is 15. The van der Waals surface area contributed by atoms with Crippen LogP contribution >= 0.6 is 11.3 Å². The molecule has 1 aliphatic rings. The molecule has 0 amide bonds. The highest BCUT2D eigenvalue weighted by Gasteiger charge is 2.28. The first-order chi connectivity index (χ1) is 28.2. The second-order valence-electron chi connectivity index (χ2n) is 14.8. The van der Waals surface area contributed by atoms with Crippen LogP contribution in [0.3, 0.4) is 0 Å². The monoisotopic (exact) mass is 744 g/mol. The minimum absolute atomic E-state index is 0.648. The Morgan fingerprint density at radius 3 is 2.07 bits per heavy atom. The number of para-hydroxylation sites is 2. The van der Waals surface area contributed by atoms with Gasteiger partial charge in [-0.25, -0.2) is 15.0 Å². The fourth-order valence-electron chi connectivity index (χ4n) is 9.12. The smallest absolute Gasteiger partial charge is 0.163 e. The highest BCUT2D eigenvalue weighted by atomic mass is 32.1. The maximum absolute atomic E-state index is 7.01. The molecule has 0 saturated heterocycles. The minimum Gasteiger partial charge on any atom is -0.455 e. The Balaban J connectivity index is 1.02. The molecule has 4 aromatic heterocycles. The van der Waals surface area contributed by atoms with E-state index in [1.54, 1.807) is 6.33 Å². The molecule has 0 aliphatic carbocycles. The third kappa shape index (κ3) is 4.41. The number of benzene rings is 8. The molecule has 8 aromatic carbocycles. The summed E-state index contributed by atoms with van der Waals surface area (Å²) in [7, 11) is 0. The van der Waals surface area contributed by atoms with Gasteiger partial charge >= 0.3 is 0 Å². The van der Waals surface area contributed by atoms with Gasteiger partial charge in [-0.15, -0.1) is 11.3 Å². The molecule has 0 atom stereocenters. The van der Waals surface area contributed by atoms with E-state index in [4.69, 9.17) is 9.40 Å². The van der Waals surface area contributed by atoms with Gasteiger partial charge in [0.15, 0.2) is 11.6 Å². The van der Waals surface area contributed by atoms with Gasteiger partial charge in [0, 0.05) is 64.0 Å². The van der Waals surface area contributed by atoms with E-state index in [-0.39, 0.29) is 0 Å². The van der Waals surface area contributed by atoms with Gasteiger partial charge in [-0.05, 0) is 70.8 Å². The SMILES string of the molecule is c1ccc(-c2ncnc(-c3ccc(-c4ccc5oc6c7c(ccc6c5c4)-n4c5ccccc5c5cccc(c54)-c4cc5sc6ccccc6c5cc4-7)cc3)n2)cc1. The lowest BCUT2D eigenvalue weighted by molar-refractivity contribution is 0.670. The summed E-state index contributed by atoms with van der Waals surface area (Å²) in [4.78, 5) is 13.7. The standard InChI is InChI=1S/C51H28N4OS/c1-2-9-30(10-3-1)50-52-28-53-51(54-50)31-19-17-29(18-20-31)32-21-24-44-39(25-32)37-22-23-43-47(49(37)56-44)41-26-40-34-12-5-7-16-45(34)57-46(40)27-38(41)36-14-8-13-35-33-11-4-6-15-42(33)55(43)48(35)36/h1-28H. The summed E-state index contributed by atoms with van der Waals surface area (Å²) in [5.41, 5.74) is 14.2. The van der Waals surface area contributed by atoms with Crippen LogP contribution in [0.5, 0.6) is 0 Å². The van der Waals surface area contributed by atoms with E-state index in [0.29, 0.717) is 11.6 Å². The zero-order valence-electron chi connectivity index (χ0n) is 30.3. The average molecular weight is 745 g/mol. The Morgan fingerprint density at radius 2 is 1.19 bits per heavy atom. The van der Waals surface area contributed by atoms with Gasteiger partial charge in [-0.2, -0.15) is 0 Å². The number of thiophene rings is 1. The fourth-order valence-corrected chi connectivity index (χ4v) is 10.2. The summed E-state index contributed by atoms with van der Waals surface area (Å²) in [5, 5.41) is 7.25. The van der Waals surface area contributed by atoms with Crippen molar-refractivity contribution in [1.29, 1.82) is 0 Å². The van der Waals surface area contributed by atoms with Crippen molar-refractivity contribution < 1.29 is 4.42 Å². The Hall–Kier alpha value is -7.41. The summed E-state index contributed by atoms with van der Waals surface area (Å²) in [5.74, 6) is 1.31. The third-order valence-corrected chi connectivity index (χ3v) is 12.8. The van der Waals surface area contributed by atoms with E-state index in [1.807, 2.05) is 41.7 Å². The van der Waals surface area contributed by atoms with Crippen LogP contribution in [0.4, 0.5) is 0 Å². The molecule has 1 aliphatic heterocycles. The van der Waals surface area contributed by atoms with Gasteiger partial charge in [0.1, 0.15) is 17.5 Å². The van der Waals surface area contributed by atoms with Crippen LogP contribution in [0.2, 0.25) is 0 Å². The summed E-state index contributed by atoms with van der Waals surface area (Å²) < 4.78 is 12.1. The Kier molecular flexibility index (Phi) is 6.26. The van der Waals surface area contributed by atoms with E-state index >= 15 is 0 Å². The lowest BCUT2D eigenvalue weighted by Crippen LogP contribution is -1.96. The average Bonchev–Trinajstić information content (AvgIpc) is 3.92. The maximum Gasteiger partial charge on any atom is 0.163 e. The predicted molar refractivity (Wildman–Crippen MR) is 235 cm³/mol. The second-order valence-corrected chi connectivity index (χ2v) is 15.9. The lowest BCUT2D eigenvalue weighted by Gasteiger charge is -2.13. The molecule has 264 valence electrons. The van der Waals surface area contributed by atoms with Gasteiger partial charge in [0.05, 0.1) is 16.7 Å². The molecule has 0 spiro atoms. The number of hydrogen-bond donors (Lipinski definition) is 0. The molecule has 0 saturated carbocycles. The number of nitrogens with zero attached hydrogens (tertiary/aromatic N) is 4. The van der Waals surface area contributed by atoms with E-state index < -0.39 is 0 Å². The quantitative estimate of drug-likeness (QED) is 0.181. The van der Waals surface area contributed by atoms with Crippen molar-refractivity contribution in [2.75, 3.05) is 0 Å². The van der Waals surface area contributed by atoms with Crippen molar-refractivity contribution in [3.63, 3.8) is 0 Å². The van der Waals surface area contributed by atoms with Crippen LogP contribution in [-0.2, 0) is 0 Å². The molecule has 5 heterocycles. The number of hydrogen-bond acceptors (Lipinski definition) is 5. The number of aromatic nitrogens is 4. The molecule has 0 fully saturated rings. The van der Waals surface area contributed by atoms with Crippen molar-refractivity contribution in [1.82, 2.24) is 19.5 Å². The topological polar surface area (TPSA) is 56.7 Å². The second kappa shape index (κ2) is 11.6. The van der Waals surface area contributed by atoms with Crippen molar-refractivity contribution in [2.24, 2.45) is 0 Å². The van der Waals surface area contributed by atoms with Crippen LogP contribution in [0.25, 0.3) is 126 Å². The Bertz CT molecular complexity index is 3630. The molecule has 12 aromatic rings. The fraction of sp³-hybridized carbons (Fsp3) is 0. The van der Waals surface area contributed by atoms with Crippen LogP contribution in [0.15, 0.2) is 175 Å². The van der Waals surface area contributed by atoms with Gasteiger partial charge in [0.2, 0.25) is 0 Å². The van der Waals surface area contributed by atoms with Gasteiger partial charge in [-0.1, -0.05) is 115 Å². The van der Waals surface area contributed by atoms with E-state index in [0.717, 1.165) is 55.4 Å². The highest BCUT2D eigenvalue weighted by Crippen LogP contribution is 2.52. The molecule has 57 heavy (non-hydrogen) atoms. The Morgan fingerprint density at radius 1 is 0.456 bits per heavy atom. The number of rotatable bonds is 3. The third-order valence-electron chi connectivity index (χ3n) is 11.7. The highest BCUT2D eigenvalue weighted by molar-refractivity contribution is 7.25. The van der Waals surface area contributed by atoms with Crippen molar-refractivity contribution in [3.8, 4) is 61.8 Å². The summed E-state index contributed by atoms with van der Waals surface area (Å²) in [6.45, 7) is 0. The first kappa shape index (κ1) is 30.9. The minimum atomic E-state index is 0.648. The lowest BCUT2D eigenvalue weighted by atomic mass is 9.91. The summed E-state index contributed by atoms with van der Waals surface area (Å²) in [6, 6.07) is 58.7. The van der Waals surface area contributed by atoms with Gasteiger partial charge < -0.3 is 8.98 Å². The van der Waals surface area contributed by atoms with Crippen molar-refractivity contribution >= 4 is 75.3 Å². The van der Waals surface area contributed by atoms with E-state index in [2.05, 4.69) is 148 Å². The van der Waals surface area contributed by atoms with Gasteiger partial charge in [0.25, 0.3) is 0 Å². The molecule has 13 rings (SSSR count). The van der Waals surface area contributed by atoms with Crippen LogP contribution in [0, 0.1) is 0 Å². The molecule has 0 N–H and O–H groups in total. The summed E-state index contributed by atoms with van der Waals surface area (Å²) >= 11 is 1.86. The molecule has 0 unspecified atom stereocenters. The van der Waals surface area contributed by atoms with Crippen LogP contribution in [-0.4, -0.2) is 19.5 Å². The predicted octanol–water partition coefficient (Wildman–Crippen LogP) is 13.9. The van der Waals surface area contributed by atoms with Crippen molar-refractivity contribution in [3.05, 3.63) is 170 Å². The van der Waals surface area contributed by atoms with E-state index in [1.165, 1.54) is 58.7 Å². The molecule has 6 heteroatoms. The largest absolute Gasteiger partial charge is 0.455 e. The first-order valence-corrected chi connectivity index (χ1v) is 19.9. The van der Waals surface area contributed by atoms with Crippen LogP contribution in [0.1, 0.15) is 0 Å². The van der Waals surface area contributed by atoms with E-state index in [9.17, 15) is 0 Å². The van der Waals surface area contributed by atoms with Crippen molar-refractivity contribution in [2.45, 2.75) is 0 Å².